The fourth-order valence-corrected chi connectivity index (χ4v) is 1.58. The van der Waals surface area contributed by atoms with Gasteiger partial charge in [0.05, 0.1) is 4.92 Å². The van der Waals surface area contributed by atoms with E-state index in [0.29, 0.717) is 5.56 Å². The SMILES string of the molecule is NC(Cc1ccc(O)c([N+](=O)[O-])c1)C(=O)O.O=[N+]([O-])C([N+](=O)[O-])([N+](=O)[O-])[N+](=O)[O-]. The Morgan fingerprint density at radius 2 is 1.38 bits per heavy atom. The number of rotatable bonds is 8. The van der Waals surface area contributed by atoms with Gasteiger partial charge in [-0.25, -0.2) is 40.5 Å². The van der Waals surface area contributed by atoms with Gasteiger partial charge >= 0.3 is 17.6 Å². The van der Waals surface area contributed by atoms with Crippen LogP contribution in [-0.2, 0) is 11.2 Å². The Bertz CT molecular complexity index is 808. The van der Waals surface area contributed by atoms with Crippen LogP contribution in [-0.4, -0.2) is 52.8 Å². The van der Waals surface area contributed by atoms with Gasteiger partial charge in [-0.05, 0) is 18.1 Å². The van der Waals surface area contributed by atoms with Gasteiger partial charge in [0.15, 0.2) is 5.75 Å². The first-order chi connectivity index (χ1) is 13.2. The molecular formula is C10H10N6O13. The number of phenolic OH excluding ortho intramolecular Hbond substituents is 1. The highest BCUT2D eigenvalue weighted by atomic mass is 16.8. The highest BCUT2D eigenvalue weighted by Gasteiger charge is 2.85. The molecule has 0 aliphatic heterocycles. The Hall–Kier alpha value is -4.55. The maximum Gasteiger partial charge on any atom is 0.955 e. The predicted octanol–water partition coefficient (Wildman–Crippen LogP) is -1.04. The van der Waals surface area contributed by atoms with Crippen LogP contribution >= 0.6 is 0 Å². The quantitative estimate of drug-likeness (QED) is 0.256. The fourth-order valence-electron chi connectivity index (χ4n) is 1.58. The molecule has 1 rings (SSSR count). The first-order valence-corrected chi connectivity index (χ1v) is 6.72. The zero-order valence-corrected chi connectivity index (χ0v) is 13.7. The average molecular weight is 422 g/mol. The number of nitrogens with two attached hydrogens (primary N) is 1. The summed E-state index contributed by atoms with van der Waals surface area (Å²) in [5, 5.41) is 67.5. The molecule has 0 aliphatic rings. The molecule has 1 unspecified atom stereocenters. The first-order valence-electron chi connectivity index (χ1n) is 6.72. The molecule has 0 aliphatic carbocycles. The van der Waals surface area contributed by atoms with Crippen molar-refractivity contribution in [2.24, 2.45) is 5.73 Å². The number of aromatic hydroxyl groups is 1. The molecule has 0 fully saturated rings. The molecule has 0 aromatic heterocycles. The average Bonchev–Trinajstić information content (AvgIpc) is 2.55. The number of nitro benzene ring substituents is 1. The van der Waals surface area contributed by atoms with E-state index in [2.05, 4.69) is 0 Å². The molecular weight excluding hydrogens is 412 g/mol. The van der Waals surface area contributed by atoms with Crippen molar-refractivity contribution in [2.45, 2.75) is 18.4 Å². The Balaban J connectivity index is 0.000000555. The van der Waals surface area contributed by atoms with E-state index >= 15 is 0 Å². The molecule has 4 N–H and O–H groups in total. The molecule has 29 heavy (non-hydrogen) atoms. The minimum absolute atomic E-state index is 0.0313. The minimum atomic E-state index is -4.61. The lowest BCUT2D eigenvalue weighted by Crippen LogP contribution is -2.59. The third-order valence-corrected chi connectivity index (χ3v) is 2.99. The summed E-state index contributed by atoms with van der Waals surface area (Å²) in [4.78, 5) is 50.8. The lowest BCUT2D eigenvalue weighted by atomic mass is 10.1. The largest absolute Gasteiger partial charge is 0.955 e. The Morgan fingerprint density at radius 1 is 0.966 bits per heavy atom. The van der Waals surface area contributed by atoms with Crippen molar-refractivity contribution >= 4 is 11.7 Å². The molecule has 0 amide bonds. The van der Waals surface area contributed by atoms with E-state index in [9.17, 15) is 55.4 Å². The number of benzene rings is 1. The first kappa shape index (κ1) is 24.5. The molecule has 158 valence electrons. The maximum atomic E-state index is 10.5. The van der Waals surface area contributed by atoms with Gasteiger partial charge in [0.2, 0.25) is 0 Å². The zero-order chi connectivity index (χ0) is 23.1. The predicted molar refractivity (Wildman–Crippen MR) is 84.8 cm³/mol. The van der Waals surface area contributed by atoms with Crippen LogP contribution in [0.1, 0.15) is 5.56 Å². The van der Waals surface area contributed by atoms with Crippen LogP contribution in [0.4, 0.5) is 5.69 Å². The molecule has 19 nitrogen and oxygen atoms in total. The smallest absolute Gasteiger partial charge is 0.502 e. The minimum Gasteiger partial charge on any atom is -0.502 e. The van der Waals surface area contributed by atoms with Crippen LogP contribution in [0.3, 0.4) is 0 Å². The number of carboxylic acids is 1. The lowest BCUT2D eigenvalue weighted by molar-refractivity contribution is -1.11. The number of aliphatic carboxylic acids is 1. The summed E-state index contributed by atoms with van der Waals surface area (Å²) in [5.41, 5.74) is 5.21. The highest BCUT2D eigenvalue weighted by Crippen LogP contribution is 2.26. The number of carbonyl (C=O) groups is 1. The number of phenols is 1. The van der Waals surface area contributed by atoms with E-state index < -0.39 is 54.0 Å². The molecule has 19 heteroatoms. The molecule has 1 aromatic carbocycles. The van der Waals surface area contributed by atoms with Gasteiger partial charge in [-0.3, -0.25) is 14.9 Å². The third-order valence-electron chi connectivity index (χ3n) is 2.99. The van der Waals surface area contributed by atoms with Gasteiger partial charge in [-0.1, -0.05) is 6.07 Å². The summed E-state index contributed by atoms with van der Waals surface area (Å²) in [6, 6.07) is 2.52. The summed E-state index contributed by atoms with van der Waals surface area (Å²) in [7, 11) is 0. The number of nitrogens with zero attached hydrogens (tertiary/aromatic N) is 5. The number of nitro groups is 5. The van der Waals surface area contributed by atoms with Crippen LogP contribution in [0.2, 0.25) is 0 Å². The van der Waals surface area contributed by atoms with Crippen molar-refractivity contribution < 1.29 is 39.6 Å². The summed E-state index contributed by atoms with van der Waals surface area (Å²) in [6.07, 6.45) is -0.0313. The third kappa shape index (κ3) is 5.46. The molecule has 0 saturated heterocycles. The van der Waals surface area contributed by atoms with E-state index in [1.807, 2.05) is 0 Å². The molecule has 0 bridgehead atoms. The van der Waals surface area contributed by atoms with Gasteiger partial charge < -0.3 is 15.9 Å². The topological polar surface area (TPSA) is 299 Å². The van der Waals surface area contributed by atoms with Crippen molar-refractivity contribution in [1.82, 2.24) is 0 Å². The standard InChI is InChI=1S/C9H10N2O5.CN4O8/c10-6(9(13)14)3-5-1-2-8(12)7(4-5)11(15)16;6-2(7)1(3(8)9,4(10)11)5(12)13/h1-2,4,6,12H,3,10H2,(H,13,14);. The Morgan fingerprint density at radius 3 is 1.66 bits per heavy atom. The van der Waals surface area contributed by atoms with Crippen molar-refractivity contribution in [1.29, 1.82) is 0 Å². The van der Waals surface area contributed by atoms with Gasteiger partial charge in [0.25, 0.3) is 19.7 Å². The molecule has 0 saturated carbocycles. The Labute approximate surface area is 156 Å². The van der Waals surface area contributed by atoms with E-state index in [1.165, 1.54) is 6.07 Å². The maximum absolute atomic E-state index is 10.5. The normalized spacial score (nSPS) is 11.3. The van der Waals surface area contributed by atoms with Crippen LogP contribution in [0, 0.1) is 50.6 Å². The summed E-state index contributed by atoms with van der Waals surface area (Å²) in [6.45, 7) is 0. The van der Waals surface area contributed by atoms with Gasteiger partial charge in [-0.2, -0.15) is 0 Å². The van der Waals surface area contributed by atoms with E-state index in [-0.39, 0.29) is 6.42 Å². The highest BCUT2D eigenvalue weighted by molar-refractivity contribution is 5.73. The molecule has 1 aromatic rings. The molecule has 1 atom stereocenters. The number of hydrogen-bond acceptors (Lipinski definition) is 13. The summed E-state index contributed by atoms with van der Waals surface area (Å²) < 4.78 is 0. The van der Waals surface area contributed by atoms with Crippen molar-refractivity contribution in [3.63, 3.8) is 0 Å². The second-order valence-corrected chi connectivity index (χ2v) is 4.86. The summed E-state index contributed by atoms with van der Waals surface area (Å²) >= 11 is 0. The Kier molecular flexibility index (Phi) is 7.93. The number of carboxylic acid groups (broad SMARTS) is 1. The molecule has 0 radical (unpaired) electrons. The van der Waals surface area contributed by atoms with Crippen LogP contribution in [0.25, 0.3) is 0 Å². The monoisotopic (exact) mass is 422 g/mol. The second kappa shape index (κ2) is 9.40. The summed E-state index contributed by atoms with van der Waals surface area (Å²) in [5.74, 6) is -6.26. The second-order valence-electron chi connectivity index (χ2n) is 4.86. The van der Waals surface area contributed by atoms with Crippen LogP contribution < -0.4 is 5.73 Å². The van der Waals surface area contributed by atoms with E-state index in [4.69, 9.17) is 15.9 Å². The van der Waals surface area contributed by atoms with Crippen molar-refractivity contribution in [2.75, 3.05) is 0 Å². The van der Waals surface area contributed by atoms with Crippen molar-refractivity contribution in [3.8, 4) is 5.75 Å². The van der Waals surface area contributed by atoms with E-state index in [1.54, 1.807) is 0 Å². The molecule has 0 heterocycles. The number of hydrogen-bond donors (Lipinski definition) is 3. The van der Waals surface area contributed by atoms with Crippen LogP contribution in [0.5, 0.6) is 5.75 Å². The van der Waals surface area contributed by atoms with Gasteiger partial charge in [-0.15, -0.1) is 0 Å². The van der Waals surface area contributed by atoms with Crippen molar-refractivity contribution in [3.05, 3.63) is 74.3 Å². The van der Waals surface area contributed by atoms with Gasteiger partial charge in [0, 0.05) is 6.07 Å². The fraction of sp³-hybridized carbons (Fsp3) is 0.300. The van der Waals surface area contributed by atoms with Crippen LogP contribution in [0.15, 0.2) is 18.2 Å². The lowest BCUT2D eigenvalue weighted by Gasteiger charge is -2.06. The molecule has 0 spiro atoms. The zero-order valence-electron chi connectivity index (χ0n) is 13.7. The van der Waals surface area contributed by atoms with Gasteiger partial charge in [0.1, 0.15) is 6.04 Å². The van der Waals surface area contributed by atoms with E-state index in [0.717, 1.165) is 12.1 Å².